The Balaban J connectivity index is 1.54. The molecule has 7 nitrogen and oxygen atoms in total. The van der Waals surface area contributed by atoms with E-state index in [1.54, 1.807) is 24.7 Å². The lowest BCUT2D eigenvalue weighted by atomic mass is 10.2. The van der Waals surface area contributed by atoms with E-state index >= 15 is 0 Å². The predicted octanol–water partition coefficient (Wildman–Crippen LogP) is 3.78. The molecule has 4 rings (SSSR count). The Kier molecular flexibility index (Phi) is 6.24. The first-order valence-electron chi connectivity index (χ1n) is 9.55. The van der Waals surface area contributed by atoms with E-state index in [9.17, 15) is 4.79 Å². The molecule has 0 radical (unpaired) electrons. The van der Waals surface area contributed by atoms with Crippen LogP contribution in [0, 0.1) is 0 Å². The zero-order valence-electron chi connectivity index (χ0n) is 16.4. The molecule has 3 heterocycles. The summed E-state index contributed by atoms with van der Waals surface area (Å²) in [6, 6.07) is 17.5. The van der Waals surface area contributed by atoms with Gasteiger partial charge in [0, 0.05) is 18.0 Å². The van der Waals surface area contributed by atoms with Crippen molar-refractivity contribution < 1.29 is 9.21 Å². The summed E-state index contributed by atoms with van der Waals surface area (Å²) in [6.45, 7) is 2.81. The number of benzene rings is 1. The summed E-state index contributed by atoms with van der Waals surface area (Å²) in [5, 5.41) is 12.0. The lowest BCUT2D eigenvalue weighted by molar-refractivity contribution is -0.120. The lowest BCUT2D eigenvalue weighted by Gasteiger charge is -2.13. The van der Waals surface area contributed by atoms with Crippen molar-refractivity contribution in [1.29, 1.82) is 0 Å². The number of hydrogen-bond acceptors (Lipinski definition) is 6. The van der Waals surface area contributed by atoms with E-state index in [1.165, 1.54) is 11.8 Å². The number of amides is 1. The van der Waals surface area contributed by atoms with Crippen LogP contribution in [0.15, 0.2) is 82.8 Å². The van der Waals surface area contributed by atoms with Gasteiger partial charge in [0.15, 0.2) is 11.0 Å². The fourth-order valence-electron chi connectivity index (χ4n) is 2.94. The molecule has 1 atom stereocenters. The van der Waals surface area contributed by atoms with E-state index in [1.807, 2.05) is 47.9 Å². The van der Waals surface area contributed by atoms with Crippen LogP contribution in [-0.4, -0.2) is 30.9 Å². The molecule has 0 saturated heterocycles. The number of nitrogens with zero attached hydrogens (tertiary/aromatic N) is 4. The number of furan rings is 1. The first-order valence-corrected chi connectivity index (χ1v) is 10.4. The van der Waals surface area contributed by atoms with Crippen molar-refractivity contribution >= 4 is 17.7 Å². The van der Waals surface area contributed by atoms with Crippen molar-refractivity contribution in [1.82, 2.24) is 25.1 Å². The Hall–Kier alpha value is -3.39. The minimum Gasteiger partial charge on any atom is -0.467 e. The molecule has 3 aromatic heterocycles. The van der Waals surface area contributed by atoms with Crippen LogP contribution < -0.4 is 5.32 Å². The van der Waals surface area contributed by atoms with Crippen molar-refractivity contribution in [3.05, 3.63) is 84.6 Å². The van der Waals surface area contributed by atoms with E-state index in [-0.39, 0.29) is 11.2 Å². The SMILES string of the molecule is CC(Sc1nnc(-c2cccnc2)n1Cc1ccccc1)C(=O)NCc1ccco1. The van der Waals surface area contributed by atoms with Crippen LogP contribution in [0.4, 0.5) is 0 Å². The third kappa shape index (κ3) is 4.77. The van der Waals surface area contributed by atoms with Gasteiger partial charge in [0.1, 0.15) is 5.76 Å². The normalized spacial score (nSPS) is 11.9. The molecule has 1 N–H and O–H groups in total. The molecule has 8 heteroatoms. The molecule has 0 spiro atoms. The van der Waals surface area contributed by atoms with Gasteiger partial charge < -0.3 is 9.73 Å². The Bertz CT molecular complexity index is 1080. The van der Waals surface area contributed by atoms with Gasteiger partial charge in [0.05, 0.1) is 24.6 Å². The van der Waals surface area contributed by atoms with Gasteiger partial charge in [-0.2, -0.15) is 0 Å². The highest BCUT2D eigenvalue weighted by atomic mass is 32.2. The van der Waals surface area contributed by atoms with Gasteiger partial charge >= 0.3 is 0 Å². The quantitative estimate of drug-likeness (QED) is 0.438. The van der Waals surface area contributed by atoms with Gasteiger partial charge in [-0.1, -0.05) is 42.1 Å². The summed E-state index contributed by atoms with van der Waals surface area (Å²) in [6.07, 6.45) is 5.08. The summed E-state index contributed by atoms with van der Waals surface area (Å²) in [4.78, 5) is 16.7. The van der Waals surface area contributed by atoms with Gasteiger partial charge in [-0.05, 0) is 36.8 Å². The van der Waals surface area contributed by atoms with Crippen molar-refractivity contribution in [2.24, 2.45) is 0 Å². The molecule has 1 unspecified atom stereocenters. The maximum absolute atomic E-state index is 12.5. The number of carbonyl (C=O) groups excluding carboxylic acids is 1. The van der Waals surface area contributed by atoms with Crippen LogP contribution in [-0.2, 0) is 17.9 Å². The number of hydrogen-bond donors (Lipinski definition) is 1. The highest BCUT2D eigenvalue weighted by Gasteiger charge is 2.21. The number of pyridine rings is 1. The van der Waals surface area contributed by atoms with Gasteiger partial charge in [-0.15, -0.1) is 10.2 Å². The molecule has 0 aliphatic carbocycles. The molecule has 0 saturated carbocycles. The largest absolute Gasteiger partial charge is 0.467 e. The molecule has 0 aliphatic heterocycles. The first kappa shape index (κ1) is 19.9. The molecular weight excluding hydrogens is 398 g/mol. The van der Waals surface area contributed by atoms with Crippen molar-refractivity contribution in [2.75, 3.05) is 0 Å². The Morgan fingerprint density at radius 2 is 2.00 bits per heavy atom. The standard InChI is InChI=1S/C22H21N5O2S/c1-16(21(28)24-14-19-10-6-12-29-19)30-22-26-25-20(18-9-5-11-23-13-18)27(22)15-17-7-3-2-4-8-17/h2-13,16H,14-15H2,1H3,(H,24,28). The maximum Gasteiger partial charge on any atom is 0.233 e. The topological polar surface area (TPSA) is 85.8 Å². The zero-order valence-corrected chi connectivity index (χ0v) is 17.2. The second-order valence-electron chi connectivity index (χ2n) is 6.68. The molecule has 152 valence electrons. The van der Waals surface area contributed by atoms with Crippen LogP contribution in [0.2, 0.25) is 0 Å². The Morgan fingerprint density at radius 1 is 1.13 bits per heavy atom. The number of nitrogens with one attached hydrogen (secondary N) is 1. The monoisotopic (exact) mass is 419 g/mol. The van der Waals surface area contributed by atoms with E-state index < -0.39 is 0 Å². The fraction of sp³-hybridized carbons (Fsp3) is 0.182. The average molecular weight is 420 g/mol. The molecule has 4 aromatic rings. The molecule has 1 amide bonds. The van der Waals surface area contributed by atoms with Crippen LogP contribution in [0.3, 0.4) is 0 Å². The molecule has 0 aliphatic rings. The third-order valence-corrected chi connectivity index (χ3v) is 5.57. The van der Waals surface area contributed by atoms with Crippen LogP contribution >= 0.6 is 11.8 Å². The van der Waals surface area contributed by atoms with E-state index in [0.29, 0.717) is 24.0 Å². The van der Waals surface area contributed by atoms with Crippen molar-refractivity contribution in [3.63, 3.8) is 0 Å². The van der Waals surface area contributed by atoms with Crippen LogP contribution in [0.5, 0.6) is 0 Å². The van der Waals surface area contributed by atoms with Gasteiger partial charge in [0.25, 0.3) is 0 Å². The van der Waals surface area contributed by atoms with Gasteiger partial charge in [-0.25, -0.2) is 0 Å². The summed E-state index contributed by atoms with van der Waals surface area (Å²) in [5.41, 5.74) is 2.00. The van der Waals surface area contributed by atoms with E-state index in [0.717, 1.165) is 17.0 Å². The van der Waals surface area contributed by atoms with Crippen molar-refractivity contribution in [3.8, 4) is 11.4 Å². The number of rotatable bonds is 8. The minimum absolute atomic E-state index is 0.0893. The molecule has 1 aromatic carbocycles. The smallest absolute Gasteiger partial charge is 0.233 e. The van der Waals surface area contributed by atoms with Crippen LogP contribution in [0.1, 0.15) is 18.2 Å². The van der Waals surface area contributed by atoms with Crippen molar-refractivity contribution in [2.45, 2.75) is 30.4 Å². The molecule has 30 heavy (non-hydrogen) atoms. The van der Waals surface area contributed by atoms with E-state index in [4.69, 9.17) is 4.42 Å². The predicted molar refractivity (Wildman–Crippen MR) is 115 cm³/mol. The molecular formula is C22H21N5O2S. The fourth-order valence-corrected chi connectivity index (χ4v) is 3.81. The molecule has 0 fully saturated rings. The summed E-state index contributed by atoms with van der Waals surface area (Å²) in [7, 11) is 0. The number of carbonyl (C=O) groups is 1. The number of aromatic nitrogens is 4. The summed E-state index contributed by atoms with van der Waals surface area (Å²) >= 11 is 1.38. The maximum atomic E-state index is 12.5. The third-order valence-electron chi connectivity index (χ3n) is 4.49. The average Bonchev–Trinajstić information content (AvgIpc) is 3.44. The zero-order chi connectivity index (χ0) is 20.8. The lowest BCUT2D eigenvalue weighted by Crippen LogP contribution is -2.30. The second kappa shape index (κ2) is 9.41. The summed E-state index contributed by atoms with van der Waals surface area (Å²) < 4.78 is 7.29. The Labute approximate surface area is 178 Å². The first-order chi connectivity index (χ1) is 14.7. The number of thioether (sulfide) groups is 1. The highest BCUT2D eigenvalue weighted by molar-refractivity contribution is 8.00. The summed E-state index contributed by atoms with van der Waals surface area (Å²) in [5.74, 6) is 1.35. The van der Waals surface area contributed by atoms with Gasteiger partial charge in [0.2, 0.25) is 5.91 Å². The molecule has 0 bridgehead atoms. The van der Waals surface area contributed by atoms with E-state index in [2.05, 4.69) is 32.6 Å². The minimum atomic E-state index is -0.347. The highest BCUT2D eigenvalue weighted by Crippen LogP contribution is 2.27. The second-order valence-corrected chi connectivity index (χ2v) is 7.98. The Morgan fingerprint density at radius 3 is 2.73 bits per heavy atom. The van der Waals surface area contributed by atoms with Gasteiger partial charge in [-0.3, -0.25) is 14.3 Å². The van der Waals surface area contributed by atoms with Crippen LogP contribution in [0.25, 0.3) is 11.4 Å².